The van der Waals surface area contributed by atoms with Crippen LogP contribution in [0.4, 0.5) is 5.69 Å². The third-order valence-electron chi connectivity index (χ3n) is 10.4. The van der Waals surface area contributed by atoms with Crippen molar-refractivity contribution < 1.29 is 29.3 Å². The molecule has 2 aliphatic heterocycles. The summed E-state index contributed by atoms with van der Waals surface area (Å²) in [6, 6.07) is 11.6. The highest BCUT2D eigenvalue weighted by molar-refractivity contribution is 6.30. The topological polar surface area (TPSA) is 99.5 Å². The second-order valence-corrected chi connectivity index (χ2v) is 13.3. The maximum absolute atomic E-state index is 13.3. The van der Waals surface area contributed by atoms with Gasteiger partial charge in [0.1, 0.15) is 5.75 Å². The maximum atomic E-state index is 13.3. The molecule has 43 heavy (non-hydrogen) atoms. The number of hydrogen-bond acceptors (Lipinski definition) is 6. The van der Waals surface area contributed by atoms with Gasteiger partial charge in [-0.05, 0) is 91.3 Å². The summed E-state index contributed by atoms with van der Waals surface area (Å²) in [6.07, 6.45) is 8.35. The summed E-state index contributed by atoms with van der Waals surface area (Å²) >= 11 is 6.41. The quantitative estimate of drug-likeness (QED) is 0.466. The molecule has 1 saturated carbocycles. The fraction of sp³-hybridized carbons (Fsp3) is 0.529. The lowest BCUT2D eigenvalue weighted by Crippen LogP contribution is -2.49. The van der Waals surface area contributed by atoms with Crippen molar-refractivity contribution in [2.24, 2.45) is 11.8 Å². The molecule has 9 heteroatoms. The molecule has 8 nitrogen and oxygen atoms in total. The second-order valence-electron chi connectivity index (χ2n) is 12.8. The number of carboxylic acids is 1. The Labute approximate surface area is 258 Å². The van der Waals surface area contributed by atoms with Crippen molar-refractivity contribution in [1.82, 2.24) is 4.90 Å². The third kappa shape index (κ3) is 5.42. The molecule has 0 aromatic heterocycles. The van der Waals surface area contributed by atoms with Gasteiger partial charge in [0.2, 0.25) is 5.91 Å². The molecule has 2 aromatic rings. The number of carbonyl (C=O) groups is 2. The number of hydrogen-bond donors (Lipinski definition) is 2. The van der Waals surface area contributed by atoms with Crippen LogP contribution < -0.4 is 9.64 Å². The van der Waals surface area contributed by atoms with Crippen LogP contribution in [0.15, 0.2) is 48.6 Å². The highest BCUT2D eigenvalue weighted by Gasteiger charge is 2.47. The number of aryl methyl sites for hydroxylation is 1. The molecule has 1 spiro atoms. The molecule has 1 amide bonds. The summed E-state index contributed by atoms with van der Waals surface area (Å²) in [4.78, 5) is 30.1. The van der Waals surface area contributed by atoms with Crippen molar-refractivity contribution in [3.05, 3.63) is 70.3 Å². The number of aliphatic hydroxyl groups excluding tert-OH is 1. The number of aliphatic carboxylic acids is 1. The first-order chi connectivity index (χ1) is 20.7. The Kier molecular flexibility index (Phi) is 8.22. The average molecular weight is 609 g/mol. The van der Waals surface area contributed by atoms with E-state index in [1.165, 1.54) is 23.1 Å². The van der Waals surface area contributed by atoms with Crippen molar-refractivity contribution in [3.8, 4) is 5.75 Å². The molecule has 2 N–H and O–H groups in total. The first-order valence-electron chi connectivity index (χ1n) is 15.3. The predicted octanol–water partition coefficient (Wildman–Crippen LogP) is 4.93. The first kappa shape index (κ1) is 30.0. The highest BCUT2D eigenvalue weighted by atomic mass is 35.5. The number of amides is 1. The van der Waals surface area contributed by atoms with E-state index in [1.807, 2.05) is 30.4 Å². The predicted molar refractivity (Wildman–Crippen MR) is 165 cm³/mol. The van der Waals surface area contributed by atoms with Gasteiger partial charge in [0.25, 0.3) is 0 Å². The van der Waals surface area contributed by atoms with Gasteiger partial charge in [-0.1, -0.05) is 35.9 Å². The number of fused-ring (bicyclic) bond motifs is 4. The smallest absolute Gasteiger partial charge is 0.341 e. The van der Waals surface area contributed by atoms with E-state index < -0.39 is 17.7 Å². The molecule has 0 unspecified atom stereocenters. The Morgan fingerprint density at radius 3 is 2.77 bits per heavy atom. The zero-order valence-electron chi connectivity index (χ0n) is 24.9. The lowest BCUT2D eigenvalue weighted by atomic mass is 9.68. The van der Waals surface area contributed by atoms with Crippen LogP contribution >= 0.6 is 11.6 Å². The second kappa shape index (κ2) is 11.8. The van der Waals surface area contributed by atoms with E-state index in [0.29, 0.717) is 44.0 Å². The van der Waals surface area contributed by atoms with Crippen molar-refractivity contribution >= 4 is 29.2 Å². The maximum Gasteiger partial charge on any atom is 0.341 e. The number of ether oxygens (including phenoxy) is 2. The number of halogens is 1. The Hall–Kier alpha value is -3.07. The number of benzene rings is 2. The van der Waals surface area contributed by atoms with E-state index in [2.05, 4.69) is 17.0 Å². The van der Waals surface area contributed by atoms with Gasteiger partial charge in [0.15, 0.2) is 5.60 Å². The van der Waals surface area contributed by atoms with E-state index in [-0.39, 0.29) is 29.6 Å². The molecule has 230 valence electrons. The minimum absolute atomic E-state index is 0.129. The van der Waals surface area contributed by atoms with E-state index in [4.69, 9.17) is 21.1 Å². The number of anilines is 1. The lowest BCUT2D eigenvalue weighted by Gasteiger charge is -2.45. The Morgan fingerprint density at radius 2 is 2.02 bits per heavy atom. The van der Waals surface area contributed by atoms with Crippen LogP contribution in [0, 0.1) is 11.8 Å². The van der Waals surface area contributed by atoms with Gasteiger partial charge in [-0.15, -0.1) is 0 Å². The summed E-state index contributed by atoms with van der Waals surface area (Å²) in [6.45, 7) is 2.29. The van der Waals surface area contributed by atoms with Crippen LogP contribution in [-0.4, -0.2) is 73.5 Å². The molecular weight excluding hydrogens is 568 g/mol. The van der Waals surface area contributed by atoms with Crippen molar-refractivity contribution in [3.63, 3.8) is 0 Å². The minimum atomic E-state index is -1.85. The Morgan fingerprint density at radius 1 is 1.19 bits per heavy atom. The van der Waals surface area contributed by atoms with Crippen LogP contribution in [0.25, 0.3) is 0 Å². The van der Waals surface area contributed by atoms with Crippen molar-refractivity contribution in [2.75, 3.05) is 45.3 Å². The zero-order valence-corrected chi connectivity index (χ0v) is 25.7. The van der Waals surface area contributed by atoms with Gasteiger partial charge in [0, 0.05) is 44.2 Å². The number of carboxylic acid groups (broad SMARTS) is 1. The average Bonchev–Trinajstić information content (AvgIpc) is 3.12. The molecule has 0 saturated heterocycles. The van der Waals surface area contributed by atoms with Crippen LogP contribution in [0.5, 0.6) is 5.75 Å². The van der Waals surface area contributed by atoms with Gasteiger partial charge in [0.05, 0.1) is 24.8 Å². The third-order valence-corrected chi connectivity index (χ3v) is 10.6. The largest absolute Gasteiger partial charge is 0.490 e. The van der Waals surface area contributed by atoms with E-state index in [0.717, 1.165) is 42.8 Å². The molecule has 0 radical (unpaired) electrons. The first-order valence-corrected chi connectivity index (χ1v) is 15.7. The number of rotatable bonds is 2. The number of carbonyl (C=O) groups excluding carboxylic acids is 1. The molecule has 2 aromatic carbocycles. The van der Waals surface area contributed by atoms with Gasteiger partial charge >= 0.3 is 5.97 Å². The summed E-state index contributed by atoms with van der Waals surface area (Å²) in [5.74, 6) is -0.467. The number of nitrogens with zero attached hydrogens (tertiary/aromatic N) is 2. The van der Waals surface area contributed by atoms with Crippen molar-refractivity contribution in [2.45, 2.75) is 62.1 Å². The Balaban J connectivity index is 1.47. The van der Waals surface area contributed by atoms with Gasteiger partial charge < -0.3 is 29.5 Å². The van der Waals surface area contributed by atoms with Gasteiger partial charge in [-0.25, -0.2) is 4.79 Å². The molecule has 2 heterocycles. The fourth-order valence-corrected chi connectivity index (χ4v) is 7.81. The molecule has 5 atom stereocenters. The van der Waals surface area contributed by atoms with Crippen LogP contribution in [-0.2, 0) is 31.8 Å². The summed E-state index contributed by atoms with van der Waals surface area (Å²) in [5.41, 5.74) is 1.56. The summed E-state index contributed by atoms with van der Waals surface area (Å²) in [7, 11) is 3.02. The number of methoxy groups -OCH3 is 1. The van der Waals surface area contributed by atoms with E-state index in [1.54, 1.807) is 13.1 Å². The van der Waals surface area contributed by atoms with Gasteiger partial charge in [-0.3, -0.25) is 4.79 Å². The molecule has 6 rings (SSSR count). The zero-order chi connectivity index (χ0) is 30.4. The van der Waals surface area contributed by atoms with Crippen molar-refractivity contribution in [1.29, 1.82) is 0 Å². The molecule has 2 aliphatic carbocycles. The standard InChI is InChI=1S/C34H41ClN2O6/c1-36-15-4-3-7-29(38)26-11-8-23(26)19-37-20-33(14-5-6-22-16-25(35)10-12-27(22)33)21-43-30-13-9-24(17-28(30)37)34(42-2,32(40)41)18-31(36)39/h3,7,9-10,12-13,16-17,23,26,29,38H,4-6,8,11,14-15,18-21H2,1-2H3,(H,40,41)/b7-3-/t23-,26+,29-,33-,34+/m0/s1. The molecule has 2 bridgehead atoms. The minimum Gasteiger partial charge on any atom is -0.490 e. The summed E-state index contributed by atoms with van der Waals surface area (Å²) < 4.78 is 12.3. The van der Waals surface area contributed by atoms with E-state index >= 15 is 0 Å². The van der Waals surface area contributed by atoms with Crippen LogP contribution in [0.1, 0.15) is 55.2 Å². The van der Waals surface area contributed by atoms with Gasteiger partial charge in [-0.2, -0.15) is 0 Å². The fourth-order valence-electron chi connectivity index (χ4n) is 7.62. The molecule has 1 fully saturated rings. The number of aliphatic hydroxyl groups is 1. The molecular formula is C34H41ClN2O6. The van der Waals surface area contributed by atoms with E-state index in [9.17, 15) is 19.8 Å². The van der Waals surface area contributed by atoms with Crippen LogP contribution in [0.3, 0.4) is 0 Å². The monoisotopic (exact) mass is 608 g/mol. The lowest BCUT2D eigenvalue weighted by molar-refractivity contribution is -0.169. The summed E-state index contributed by atoms with van der Waals surface area (Å²) in [5, 5.41) is 22.3. The highest BCUT2D eigenvalue weighted by Crippen LogP contribution is 2.47. The normalized spacial score (nSPS) is 31.7. The SMILES string of the molecule is CO[C@]1(C(=O)O)CC(=O)N(C)CC/C=C\[C@H](O)[C@@H]2CC[C@H]2CN2C[C@@]3(CCCc4cc(Cl)ccc43)COc3ccc1cc32. The van der Waals surface area contributed by atoms with Crippen LogP contribution in [0.2, 0.25) is 5.02 Å². The Bertz CT molecular complexity index is 1430. The molecule has 4 aliphatic rings.